The molecule has 32 heavy (non-hydrogen) atoms. The second-order valence-electron chi connectivity index (χ2n) is 8.12. The van der Waals surface area contributed by atoms with E-state index in [1.54, 1.807) is 6.92 Å². The number of carbonyl (C=O) groups is 3. The molecule has 8 heteroatoms. The van der Waals surface area contributed by atoms with Gasteiger partial charge in [-0.1, -0.05) is 48.5 Å². The fraction of sp³-hybridized carbons (Fsp3) is 0.375. The third-order valence-corrected chi connectivity index (χ3v) is 6.07. The van der Waals surface area contributed by atoms with Crippen LogP contribution in [0.3, 0.4) is 0 Å². The minimum absolute atomic E-state index is 0.0624. The van der Waals surface area contributed by atoms with E-state index in [9.17, 15) is 14.4 Å². The summed E-state index contributed by atoms with van der Waals surface area (Å²) in [7, 11) is 0. The molecule has 168 valence electrons. The van der Waals surface area contributed by atoms with Crippen molar-refractivity contribution in [2.24, 2.45) is 5.92 Å². The normalized spacial score (nSPS) is 20.2. The van der Waals surface area contributed by atoms with Crippen molar-refractivity contribution >= 4 is 18.0 Å². The van der Waals surface area contributed by atoms with Crippen LogP contribution < -0.4 is 10.6 Å². The molecule has 3 atom stereocenters. The van der Waals surface area contributed by atoms with Crippen LogP contribution in [0.4, 0.5) is 4.79 Å². The monoisotopic (exact) mass is 438 g/mol. The number of hydrogen-bond acceptors (Lipinski definition) is 5. The Bertz CT molecular complexity index is 978. The average molecular weight is 438 g/mol. The Balaban J connectivity index is 1.29. The van der Waals surface area contributed by atoms with E-state index in [4.69, 9.17) is 14.6 Å². The highest BCUT2D eigenvalue weighted by Crippen LogP contribution is 2.44. The van der Waals surface area contributed by atoms with Crippen LogP contribution in [0.2, 0.25) is 0 Å². The maximum atomic E-state index is 12.3. The van der Waals surface area contributed by atoms with Gasteiger partial charge in [0, 0.05) is 25.0 Å². The first kappa shape index (κ1) is 21.8. The van der Waals surface area contributed by atoms with Crippen molar-refractivity contribution in [3.63, 3.8) is 0 Å². The third kappa shape index (κ3) is 4.45. The van der Waals surface area contributed by atoms with Crippen LogP contribution in [0.25, 0.3) is 11.1 Å². The first-order valence-electron chi connectivity index (χ1n) is 10.7. The lowest BCUT2D eigenvalue weighted by molar-refractivity contribution is -0.149. The van der Waals surface area contributed by atoms with Gasteiger partial charge in [0.15, 0.2) is 6.10 Å². The highest BCUT2D eigenvalue weighted by molar-refractivity contribution is 5.85. The molecule has 3 N–H and O–H groups in total. The van der Waals surface area contributed by atoms with Gasteiger partial charge in [0.1, 0.15) is 12.6 Å². The first-order valence-corrected chi connectivity index (χ1v) is 10.7. The summed E-state index contributed by atoms with van der Waals surface area (Å²) in [6, 6.07) is 15.3. The fourth-order valence-corrected chi connectivity index (χ4v) is 4.38. The van der Waals surface area contributed by atoms with E-state index in [0.717, 1.165) is 22.3 Å². The number of fused-ring (bicyclic) bond motifs is 3. The van der Waals surface area contributed by atoms with Gasteiger partial charge in [-0.15, -0.1) is 0 Å². The van der Waals surface area contributed by atoms with Gasteiger partial charge in [0.25, 0.3) is 0 Å². The number of carboxylic acids is 1. The van der Waals surface area contributed by atoms with E-state index in [1.165, 1.54) is 0 Å². The maximum absolute atomic E-state index is 12.3. The number of amides is 2. The topological polar surface area (TPSA) is 114 Å². The highest BCUT2D eigenvalue weighted by Gasteiger charge is 2.34. The summed E-state index contributed by atoms with van der Waals surface area (Å²) in [6.45, 7) is 2.24. The highest BCUT2D eigenvalue weighted by atomic mass is 16.5. The predicted molar refractivity (Wildman–Crippen MR) is 116 cm³/mol. The predicted octanol–water partition coefficient (Wildman–Crippen LogP) is 2.52. The van der Waals surface area contributed by atoms with Crippen molar-refractivity contribution < 1.29 is 29.0 Å². The molecular weight excluding hydrogens is 412 g/mol. The van der Waals surface area contributed by atoms with Crippen molar-refractivity contribution in [2.75, 3.05) is 19.8 Å². The molecular formula is C24H26N2O6. The molecule has 0 spiro atoms. The lowest BCUT2D eigenvalue weighted by Crippen LogP contribution is -2.47. The molecule has 1 aliphatic heterocycles. The summed E-state index contributed by atoms with van der Waals surface area (Å²) in [5.41, 5.74) is 4.50. The summed E-state index contributed by atoms with van der Waals surface area (Å²) < 4.78 is 10.6. The molecule has 1 fully saturated rings. The van der Waals surface area contributed by atoms with Gasteiger partial charge in [-0.05, 0) is 35.6 Å². The lowest BCUT2D eigenvalue weighted by atomic mass is 9.98. The van der Waals surface area contributed by atoms with Crippen LogP contribution in [0.1, 0.15) is 30.4 Å². The van der Waals surface area contributed by atoms with Crippen molar-refractivity contribution in [3.8, 4) is 11.1 Å². The van der Waals surface area contributed by atoms with Crippen LogP contribution in [-0.2, 0) is 19.1 Å². The van der Waals surface area contributed by atoms with E-state index in [2.05, 4.69) is 22.8 Å². The van der Waals surface area contributed by atoms with Gasteiger partial charge in [-0.3, -0.25) is 4.79 Å². The third-order valence-electron chi connectivity index (χ3n) is 6.07. The minimum atomic E-state index is -1.04. The van der Waals surface area contributed by atoms with E-state index in [-0.39, 0.29) is 25.0 Å². The van der Waals surface area contributed by atoms with Crippen LogP contribution in [0, 0.1) is 5.92 Å². The van der Waals surface area contributed by atoms with Crippen molar-refractivity contribution in [2.45, 2.75) is 31.4 Å². The van der Waals surface area contributed by atoms with Crippen molar-refractivity contribution in [1.29, 1.82) is 0 Å². The lowest BCUT2D eigenvalue weighted by Gasteiger charge is -2.19. The Morgan fingerprint density at radius 1 is 1.09 bits per heavy atom. The molecule has 2 aromatic rings. The number of benzene rings is 2. The smallest absolute Gasteiger partial charge is 0.407 e. The Labute approximate surface area is 185 Å². The molecule has 4 rings (SSSR count). The SMILES string of the molecule is CC(NC(=O)OCC1c2ccccc2-c2ccccc21)C(=O)NCC1CCOC1C(=O)O. The largest absolute Gasteiger partial charge is 0.479 e. The number of alkyl carbamates (subject to hydrolysis) is 1. The molecule has 2 aromatic carbocycles. The fourth-order valence-electron chi connectivity index (χ4n) is 4.38. The van der Waals surface area contributed by atoms with Gasteiger partial charge in [0.2, 0.25) is 5.91 Å². The maximum Gasteiger partial charge on any atom is 0.407 e. The van der Waals surface area contributed by atoms with Crippen LogP contribution in [0.15, 0.2) is 48.5 Å². The van der Waals surface area contributed by atoms with Crippen LogP contribution in [-0.4, -0.2) is 55.0 Å². The number of carbonyl (C=O) groups excluding carboxylic acids is 2. The molecule has 0 aromatic heterocycles. The zero-order chi connectivity index (χ0) is 22.7. The van der Waals surface area contributed by atoms with E-state index < -0.39 is 30.1 Å². The molecule has 0 bridgehead atoms. The molecule has 3 unspecified atom stereocenters. The van der Waals surface area contributed by atoms with E-state index in [1.807, 2.05) is 36.4 Å². The van der Waals surface area contributed by atoms with Crippen LogP contribution >= 0.6 is 0 Å². The molecule has 1 heterocycles. The second kappa shape index (κ2) is 9.40. The molecule has 0 radical (unpaired) electrons. The molecule has 2 amide bonds. The Kier molecular flexibility index (Phi) is 6.41. The van der Waals surface area contributed by atoms with E-state index >= 15 is 0 Å². The number of carboxylic acid groups (broad SMARTS) is 1. The van der Waals surface area contributed by atoms with E-state index in [0.29, 0.717) is 13.0 Å². The summed E-state index contributed by atoms with van der Waals surface area (Å²) in [5.74, 6) is -1.80. The number of hydrogen-bond donors (Lipinski definition) is 3. The quantitative estimate of drug-likeness (QED) is 0.612. The number of nitrogens with one attached hydrogen (secondary N) is 2. The Hall–Kier alpha value is -3.39. The Morgan fingerprint density at radius 2 is 1.72 bits per heavy atom. The molecule has 0 saturated carbocycles. The summed E-state index contributed by atoms with van der Waals surface area (Å²) in [4.78, 5) is 35.8. The van der Waals surface area contributed by atoms with Crippen LogP contribution in [0.5, 0.6) is 0 Å². The minimum Gasteiger partial charge on any atom is -0.479 e. The zero-order valence-electron chi connectivity index (χ0n) is 17.7. The van der Waals surface area contributed by atoms with Gasteiger partial charge < -0.3 is 25.2 Å². The summed E-state index contributed by atoms with van der Waals surface area (Å²) in [6.07, 6.45) is -1.03. The molecule has 2 aliphatic rings. The second-order valence-corrected chi connectivity index (χ2v) is 8.12. The van der Waals surface area contributed by atoms with Gasteiger partial charge in [0.05, 0.1) is 0 Å². The number of ether oxygens (including phenoxy) is 2. The standard InChI is InChI=1S/C24H26N2O6/c1-14(22(27)25-12-15-10-11-31-21(15)23(28)29)26-24(30)32-13-20-18-8-4-2-6-16(18)17-7-3-5-9-19(17)20/h2-9,14-15,20-21H,10-13H2,1H3,(H,25,27)(H,26,30)(H,28,29). The van der Waals surface area contributed by atoms with Gasteiger partial charge >= 0.3 is 12.1 Å². The Morgan fingerprint density at radius 3 is 2.34 bits per heavy atom. The molecule has 8 nitrogen and oxygen atoms in total. The van der Waals surface area contributed by atoms with Crippen molar-refractivity contribution in [3.05, 3.63) is 59.7 Å². The number of aliphatic carboxylic acids is 1. The molecule has 1 aliphatic carbocycles. The molecule has 1 saturated heterocycles. The van der Waals surface area contributed by atoms with Crippen molar-refractivity contribution in [1.82, 2.24) is 10.6 Å². The average Bonchev–Trinajstić information content (AvgIpc) is 3.39. The summed E-state index contributed by atoms with van der Waals surface area (Å²) >= 11 is 0. The van der Waals surface area contributed by atoms with Gasteiger partial charge in [-0.2, -0.15) is 0 Å². The first-order chi connectivity index (χ1) is 15.5. The van der Waals surface area contributed by atoms with Gasteiger partial charge in [-0.25, -0.2) is 9.59 Å². The number of rotatable bonds is 7. The summed E-state index contributed by atoms with van der Waals surface area (Å²) in [5, 5.41) is 14.4. The zero-order valence-corrected chi connectivity index (χ0v) is 17.7.